The van der Waals surface area contributed by atoms with Gasteiger partial charge in [-0.25, -0.2) is 9.59 Å². The fourth-order valence-electron chi connectivity index (χ4n) is 2.37. The lowest BCUT2D eigenvalue weighted by Crippen LogP contribution is -2.27. The lowest BCUT2D eigenvalue weighted by atomic mass is 9.92. The monoisotopic (exact) mass is 442 g/mol. The van der Waals surface area contributed by atoms with Crippen molar-refractivity contribution in [2.45, 2.75) is 60.0 Å². The molecular weight excluding hydrogens is 408 g/mol. The predicted molar refractivity (Wildman–Crippen MR) is 123 cm³/mol. The Hall–Kier alpha value is -3.02. The Labute approximate surface area is 190 Å². The lowest BCUT2D eigenvalue weighted by molar-refractivity contribution is -0.00256. The molecule has 6 heteroatoms. The van der Waals surface area contributed by atoms with Crippen molar-refractivity contribution >= 4 is 11.9 Å². The van der Waals surface area contributed by atoms with Gasteiger partial charge in [-0.05, 0) is 80.6 Å². The van der Waals surface area contributed by atoms with Crippen molar-refractivity contribution in [3.8, 4) is 11.5 Å². The highest BCUT2D eigenvalue weighted by Crippen LogP contribution is 2.23. The summed E-state index contributed by atoms with van der Waals surface area (Å²) in [4.78, 5) is 24.4. The van der Waals surface area contributed by atoms with E-state index in [4.69, 9.17) is 18.9 Å². The van der Waals surface area contributed by atoms with Crippen LogP contribution in [0.2, 0.25) is 0 Å². The molecule has 0 spiro atoms. The number of benzene rings is 2. The summed E-state index contributed by atoms with van der Waals surface area (Å²) in [5.74, 6) is 0.361. The third-order valence-corrected chi connectivity index (χ3v) is 5.40. The number of carbonyl (C=O) groups excluding carboxylic acids is 2. The highest BCUT2D eigenvalue weighted by Gasteiger charge is 2.21. The van der Waals surface area contributed by atoms with Crippen molar-refractivity contribution in [1.82, 2.24) is 0 Å². The van der Waals surface area contributed by atoms with E-state index < -0.39 is 17.5 Å². The molecule has 2 rings (SSSR count). The van der Waals surface area contributed by atoms with Crippen LogP contribution in [0.15, 0.2) is 48.5 Å². The van der Waals surface area contributed by atoms with Gasteiger partial charge in [0.25, 0.3) is 0 Å². The minimum Gasteiger partial charge on any atom is -0.493 e. The second-order valence-corrected chi connectivity index (χ2v) is 9.05. The van der Waals surface area contributed by atoms with Crippen molar-refractivity contribution in [2.24, 2.45) is 5.41 Å². The Morgan fingerprint density at radius 1 is 0.719 bits per heavy atom. The van der Waals surface area contributed by atoms with E-state index in [1.807, 2.05) is 32.9 Å². The lowest BCUT2D eigenvalue weighted by Gasteiger charge is -2.23. The molecule has 0 radical (unpaired) electrons. The normalized spacial score (nSPS) is 11.6. The highest BCUT2D eigenvalue weighted by atomic mass is 16.7. The third kappa shape index (κ3) is 7.91. The van der Waals surface area contributed by atoms with E-state index in [0.29, 0.717) is 29.9 Å². The fraction of sp³-hybridized carbons (Fsp3) is 0.462. The molecule has 32 heavy (non-hydrogen) atoms. The van der Waals surface area contributed by atoms with Gasteiger partial charge in [0.1, 0.15) is 17.1 Å². The summed E-state index contributed by atoms with van der Waals surface area (Å²) in [7, 11) is 0. The van der Waals surface area contributed by atoms with Crippen LogP contribution < -0.4 is 9.47 Å². The van der Waals surface area contributed by atoms with Gasteiger partial charge in [0.05, 0.1) is 17.7 Å². The molecule has 0 aliphatic rings. The van der Waals surface area contributed by atoms with Gasteiger partial charge in [-0.1, -0.05) is 27.7 Å². The van der Waals surface area contributed by atoms with E-state index in [1.54, 1.807) is 24.3 Å². The third-order valence-electron chi connectivity index (χ3n) is 5.40. The fourth-order valence-corrected chi connectivity index (χ4v) is 2.37. The summed E-state index contributed by atoms with van der Waals surface area (Å²) in [5, 5.41) is 0. The van der Waals surface area contributed by atoms with Crippen molar-refractivity contribution in [3.05, 3.63) is 59.7 Å². The maximum Gasteiger partial charge on any atom is 0.340 e. The summed E-state index contributed by atoms with van der Waals surface area (Å²) in [5.41, 5.74) is 0.280. The molecule has 0 bridgehead atoms. The van der Waals surface area contributed by atoms with Crippen LogP contribution >= 0.6 is 0 Å². The molecule has 174 valence electrons. The molecule has 0 aliphatic heterocycles. The molecule has 6 nitrogen and oxygen atoms in total. The van der Waals surface area contributed by atoms with E-state index in [2.05, 4.69) is 20.8 Å². The van der Waals surface area contributed by atoms with Gasteiger partial charge < -0.3 is 18.9 Å². The molecule has 0 aliphatic carbocycles. The molecule has 0 fully saturated rings. The van der Waals surface area contributed by atoms with E-state index in [0.717, 1.165) is 12.2 Å². The van der Waals surface area contributed by atoms with E-state index >= 15 is 0 Å². The average Bonchev–Trinajstić information content (AvgIpc) is 2.78. The van der Waals surface area contributed by atoms with Gasteiger partial charge in [0.2, 0.25) is 6.79 Å². The van der Waals surface area contributed by atoms with Crippen molar-refractivity contribution in [2.75, 3.05) is 13.4 Å². The number of ether oxygens (including phenoxy) is 4. The number of esters is 2. The Balaban J connectivity index is 1.81. The van der Waals surface area contributed by atoms with Crippen LogP contribution in [0.5, 0.6) is 11.5 Å². The van der Waals surface area contributed by atoms with Crippen LogP contribution in [0, 0.1) is 5.41 Å². The minimum atomic E-state index is -0.541. The van der Waals surface area contributed by atoms with Crippen LogP contribution in [0.3, 0.4) is 0 Å². The molecule has 0 atom stereocenters. The molecule has 2 aromatic rings. The average molecular weight is 443 g/mol. The summed E-state index contributed by atoms with van der Waals surface area (Å²) in [6, 6.07) is 13.3. The van der Waals surface area contributed by atoms with E-state index in [-0.39, 0.29) is 12.2 Å². The quantitative estimate of drug-likeness (QED) is 0.312. The first kappa shape index (κ1) is 25.2. The molecule has 0 saturated heterocycles. The highest BCUT2D eigenvalue weighted by molar-refractivity contribution is 5.93. The Kier molecular flexibility index (Phi) is 8.70. The Morgan fingerprint density at radius 2 is 1.22 bits per heavy atom. The standard InChI is InChI=1S/C26H34O6/c1-7-25(3,4)17-29-21-13-15-22(16-14-21)30-18-31-23(27)19-9-11-20(12-10-19)24(28)32-26(5,6)8-2/h9-16H,7-8,17-18H2,1-6H3. The molecular formula is C26H34O6. The zero-order chi connectivity index (χ0) is 23.8. The maximum absolute atomic E-state index is 12.2. The van der Waals surface area contributed by atoms with Crippen molar-refractivity contribution in [1.29, 1.82) is 0 Å². The number of hydrogen-bond acceptors (Lipinski definition) is 6. The molecule has 0 saturated carbocycles. The number of hydrogen-bond donors (Lipinski definition) is 0. The molecule has 0 heterocycles. The zero-order valence-corrected chi connectivity index (χ0v) is 19.9. The summed E-state index contributed by atoms with van der Waals surface area (Å²) < 4.78 is 21.9. The van der Waals surface area contributed by atoms with Gasteiger partial charge in [-0.2, -0.15) is 0 Å². The first-order valence-electron chi connectivity index (χ1n) is 10.9. The zero-order valence-electron chi connectivity index (χ0n) is 19.9. The van der Waals surface area contributed by atoms with Gasteiger partial charge in [-0.3, -0.25) is 0 Å². The molecule has 0 unspecified atom stereocenters. The van der Waals surface area contributed by atoms with Crippen LogP contribution in [0.25, 0.3) is 0 Å². The first-order valence-corrected chi connectivity index (χ1v) is 10.9. The van der Waals surface area contributed by atoms with Gasteiger partial charge in [0.15, 0.2) is 0 Å². The number of rotatable bonds is 11. The molecule has 0 aromatic heterocycles. The van der Waals surface area contributed by atoms with Crippen molar-refractivity contribution in [3.63, 3.8) is 0 Å². The second-order valence-electron chi connectivity index (χ2n) is 9.05. The van der Waals surface area contributed by atoms with E-state index in [9.17, 15) is 9.59 Å². The maximum atomic E-state index is 12.2. The molecule has 2 aromatic carbocycles. The van der Waals surface area contributed by atoms with Crippen LogP contribution in [-0.2, 0) is 9.47 Å². The topological polar surface area (TPSA) is 71.1 Å². The van der Waals surface area contributed by atoms with Crippen LogP contribution in [-0.4, -0.2) is 30.9 Å². The van der Waals surface area contributed by atoms with Crippen LogP contribution in [0.1, 0.15) is 75.1 Å². The SMILES string of the molecule is CCC(C)(C)COc1ccc(OCOC(=O)c2ccc(C(=O)OC(C)(C)CC)cc2)cc1. The predicted octanol–water partition coefficient (Wildman–Crippen LogP) is 6.04. The van der Waals surface area contributed by atoms with Gasteiger partial charge >= 0.3 is 11.9 Å². The smallest absolute Gasteiger partial charge is 0.340 e. The second kappa shape index (κ2) is 11.0. The first-order chi connectivity index (χ1) is 15.0. The molecule has 0 N–H and O–H groups in total. The largest absolute Gasteiger partial charge is 0.493 e. The molecule has 0 amide bonds. The summed E-state index contributed by atoms with van der Waals surface area (Å²) in [6.45, 7) is 12.5. The Bertz CT molecular complexity index is 882. The Morgan fingerprint density at radius 3 is 1.72 bits per heavy atom. The van der Waals surface area contributed by atoms with Crippen LogP contribution in [0.4, 0.5) is 0 Å². The van der Waals surface area contributed by atoms with Gasteiger partial charge in [-0.15, -0.1) is 0 Å². The summed E-state index contributed by atoms with van der Waals surface area (Å²) >= 11 is 0. The van der Waals surface area contributed by atoms with Gasteiger partial charge in [0, 0.05) is 0 Å². The summed E-state index contributed by atoms with van der Waals surface area (Å²) in [6.07, 6.45) is 1.74. The van der Waals surface area contributed by atoms with E-state index in [1.165, 1.54) is 12.1 Å². The minimum absolute atomic E-state index is 0.119. The number of carbonyl (C=O) groups is 2. The van der Waals surface area contributed by atoms with Crippen molar-refractivity contribution < 1.29 is 28.5 Å².